The predicted octanol–water partition coefficient (Wildman–Crippen LogP) is 4.91. The molecule has 1 atom stereocenters. The Bertz CT molecular complexity index is 1440. The minimum atomic E-state index is -4.20. The summed E-state index contributed by atoms with van der Waals surface area (Å²) in [5.74, 6) is -1.68. The third kappa shape index (κ3) is 8.42. The number of nitrogens with zero attached hydrogens (tertiary/aromatic N) is 3. The molecule has 41 heavy (non-hydrogen) atoms. The van der Waals surface area contributed by atoms with Gasteiger partial charge in [-0.25, -0.2) is 8.70 Å². The third-order valence-electron chi connectivity index (χ3n) is 6.23. The Morgan fingerprint density at radius 2 is 1.49 bits per heavy atom. The highest BCUT2D eigenvalue weighted by Gasteiger charge is 2.35. The van der Waals surface area contributed by atoms with Gasteiger partial charge in [-0.05, 0) is 55.8 Å². The summed E-state index contributed by atoms with van der Waals surface area (Å²) in [6, 6.07) is 17.5. The molecule has 3 rings (SSSR count). The van der Waals surface area contributed by atoms with Crippen molar-refractivity contribution in [2.45, 2.75) is 38.9 Å². The number of hydrogen-bond donors (Lipinski definition) is 1. The molecule has 0 saturated carbocycles. The number of hydrogen-bond acceptors (Lipinski definition) is 4. The molecule has 0 aromatic heterocycles. The fraction of sp³-hybridized carbons (Fsp3) is 0.310. The van der Waals surface area contributed by atoms with Crippen molar-refractivity contribution in [3.05, 3.63) is 99.8 Å². The van der Waals surface area contributed by atoms with Crippen LogP contribution < -0.4 is 9.62 Å². The first-order chi connectivity index (χ1) is 19.3. The van der Waals surface area contributed by atoms with Gasteiger partial charge in [0.05, 0.1) is 5.69 Å². The summed E-state index contributed by atoms with van der Waals surface area (Å²) in [7, 11) is -1.55. The van der Waals surface area contributed by atoms with Crippen molar-refractivity contribution in [3.63, 3.8) is 0 Å². The summed E-state index contributed by atoms with van der Waals surface area (Å²) in [5, 5.41) is 3.45. The van der Waals surface area contributed by atoms with Gasteiger partial charge >= 0.3 is 10.2 Å². The standard InChI is InChI=1S/C29H33Cl2FN4O4S/c1-20(2)33-29(38)27(17-21-9-6-5-7-10-21)35(18-24-25(30)11-8-12-26(24)31)28(37)19-36(41(39,40)34(3)4)23-15-13-22(32)14-16-23/h5-16,20,27H,17-19H2,1-4H3,(H,33,38). The number of benzene rings is 3. The smallest absolute Gasteiger partial charge is 0.304 e. The number of rotatable bonds is 12. The molecule has 0 bridgehead atoms. The fourth-order valence-electron chi connectivity index (χ4n) is 4.11. The molecule has 8 nitrogen and oxygen atoms in total. The molecule has 12 heteroatoms. The lowest BCUT2D eigenvalue weighted by atomic mass is 10.0. The van der Waals surface area contributed by atoms with Crippen LogP contribution in [0.15, 0.2) is 72.8 Å². The Labute approximate surface area is 250 Å². The third-order valence-corrected chi connectivity index (χ3v) is 8.75. The number of halogens is 3. The van der Waals surface area contributed by atoms with Crippen molar-refractivity contribution in [2.24, 2.45) is 0 Å². The first-order valence-corrected chi connectivity index (χ1v) is 15.0. The van der Waals surface area contributed by atoms with Gasteiger partial charge in [0.2, 0.25) is 11.8 Å². The highest BCUT2D eigenvalue weighted by molar-refractivity contribution is 7.90. The monoisotopic (exact) mass is 622 g/mol. The van der Waals surface area contributed by atoms with Crippen LogP contribution in [-0.2, 0) is 32.8 Å². The molecule has 0 saturated heterocycles. The summed E-state index contributed by atoms with van der Waals surface area (Å²) in [5.41, 5.74) is 1.27. The zero-order valence-corrected chi connectivity index (χ0v) is 25.5. The van der Waals surface area contributed by atoms with Crippen LogP contribution in [0.1, 0.15) is 25.0 Å². The summed E-state index contributed by atoms with van der Waals surface area (Å²) in [4.78, 5) is 29.1. The van der Waals surface area contributed by atoms with Crippen LogP contribution in [-0.4, -0.2) is 62.2 Å². The van der Waals surface area contributed by atoms with Gasteiger partial charge < -0.3 is 10.2 Å². The van der Waals surface area contributed by atoms with Crippen molar-refractivity contribution in [2.75, 3.05) is 24.9 Å². The Morgan fingerprint density at radius 1 is 0.902 bits per heavy atom. The first kappa shape index (κ1) is 32.3. The van der Waals surface area contributed by atoms with E-state index in [1.807, 2.05) is 30.3 Å². The summed E-state index contributed by atoms with van der Waals surface area (Å²) >= 11 is 12.9. The summed E-state index contributed by atoms with van der Waals surface area (Å²) < 4.78 is 42.2. The highest BCUT2D eigenvalue weighted by Crippen LogP contribution is 2.28. The predicted molar refractivity (Wildman–Crippen MR) is 161 cm³/mol. The molecule has 1 unspecified atom stereocenters. The lowest BCUT2D eigenvalue weighted by molar-refractivity contribution is -0.140. The van der Waals surface area contributed by atoms with Gasteiger partial charge in [-0.3, -0.25) is 9.59 Å². The van der Waals surface area contributed by atoms with Crippen molar-refractivity contribution in [1.82, 2.24) is 14.5 Å². The molecule has 0 radical (unpaired) electrons. The van der Waals surface area contributed by atoms with E-state index in [0.29, 0.717) is 5.56 Å². The molecule has 0 aliphatic carbocycles. The average Bonchev–Trinajstić information content (AvgIpc) is 2.91. The number of carbonyl (C=O) groups is 2. The van der Waals surface area contributed by atoms with Crippen molar-refractivity contribution >= 4 is 50.9 Å². The van der Waals surface area contributed by atoms with Gasteiger partial charge in [-0.15, -0.1) is 0 Å². The number of nitrogens with one attached hydrogen (secondary N) is 1. The van der Waals surface area contributed by atoms with Crippen LogP contribution in [0.3, 0.4) is 0 Å². The SMILES string of the molecule is CC(C)NC(=O)C(Cc1ccccc1)N(Cc1c(Cl)cccc1Cl)C(=O)CN(c1ccc(F)cc1)S(=O)(=O)N(C)C. The van der Waals surface area contributed by atoms with Crippen molar-refractivity contribution in [3.8, 4) is 0 Å². The second-order valence-corrected chi connectivity index (χ2v) is 12.7. The largest absolute Gasteiger partial charge is 0.352 e. The van der Waals surface area contributed by atoms with Crippen LogP contribution in [0, 0.1) is 5.82 Å². The van der Waals surface area contributed by atoms with Gasteiger partial charge in [0.15, 0.2) is 0 Å². The molecular weight excluding hydrogens is 590 g/mol. The molecule has 2 amide bonds. The van der Waals surface area contributed by atoms with E-state index in [4.69, 9.17) is 23.2 Å². The maximum atomic E-state index is 14.2. The molecule has 0 aliphatic heterocycles. The topological polar surface area (TPSA) is 90.0 Å². The van der Waals surface area contributed by atoms with Gasteiger partial charge in [0, 0.05) is 48.7 Å². The number of carbonyl (C=O) groups excluding carboxylic acids is 2. The molecular formula is C29H33Cl2FN4O4S. The highest BCUT2D eigenvalue weighted by atomic mass is 35.5. The van der Waals surface area contributed by atoms with Crippen LogP contribution in [0.5, 0.6) is 0 Å². The Balaban J connectivity index is 2.13. The van der Waals surface area contributed by atoms with Crippen molar-refractivity contribution in [1.29, 1.82) is 0 Å². The van der Waals surface area contributed by atoms with E-state index >= 15 is 0 Å². The zero-order chi connectivity index (χ0) is 30.3. The minimum absolute atomic E-state index is 0.0791. The Kier molecular flexibility index (Phi) is 11.1. The van der Waals surface area contributed by atoms with Crippen LogP contribution in [0.25, 0.3) is 0 Å². The number of amides is 2. The lowest BCUT2D eigenvalue weighted by Gasteiger charge is -2.35. The summed E-state index contributed by atoms with van der Waals surface area (Å²) in [6.45, 7) is 2.76. The second-order valence-electron chi connectivity index (χ2n) is 9.86. The van der Waals surface area contributed by atoms with E-state index in [9.17, 15) is 22.4 Å². The van der Waals surface area contributed by atoms with E-state index < -0.39 is 40.4 Å². The van der Waals surface area contributed by atoms with E-state index in [0.717, 1.165) is 26.3 Å². The molecule has 0 aliphatic rings. The Morgan fingerprint density at radius 3 is 2.02 bits per heavy atom. The first-order valence-electron chi connectivity index (χ1n) is 12.8. The fourth-order valence-corrected chi connectivity index (χ4v) is 5.69. The van der Waals surface area contributed by atoms with E-state index in [1.54, 1.807) is 32.0 Å². The Hall–Kier alpha value is -3.18. The number of anilines is 1. The van der Waals surface area contributed by atoms with E-state index in [-0.39, 0.29) is 34.7 Å². The van der Waals surface area contributed by atoms with Gasteiger partial charge in [-0.2, -0.15) is 12.7 Å². The minimum Gasteiger partial charge on any atom is -0.352 e. The summed E-state index contributed by atoms with van der Waals surface area (Å²) in [6.07, 6.45) is 0.143. The van der Waals surface area contributed by atoms with E-state index in [2.05, 4.69) is 5.32 Å². The normalized spacial score (nSPS) is 12.3. The molecule has 0 heterocycles. The molecule has 0 spiro atoms. The van der Waals surface area contributed by atoms with E-state index in [1.165, 1.54) is 31.1 Å². The van der Waals surface area contributed by atoms with Crippen LogP contribution >= 0.6 is 23.2 Å². The van der Waals surface area contributed by atoms with Crippen LogP contribution in [0.4, 0.5) is 10.1 Å². The quantitative estimate of drug-likeness (QED) is 0.311. The molecule has 220 valence electrons. The molecule has 3 aromatic carbocycles. The molecule has 3 aromatic rings. The van der Waals surface area contributed by atoms with Crippen LogP contribution in [0.2, 0.25) is 10.0 Å². The average molecular weight is 624 g/mol. The van der Waals surface area contributed by atoms with Crippen molar-refractivity contribution < 1.29 is 22.4 Å². The van der Waals surface area contributed by atoms with Gasteiger partial charge in [0.1, 0.15) is 18.4 Å². The maximum Gasteiger partial charge on any atom is 0.304 e. The zero-order valence-electron chi connectivity index (χ0n) is 23.2. The lowest BCUT2D eigenvalue weighted by Crippen LogP contribution is -2.55. The second kappa shape index (κ2) is 14.1. The molecule has 1 N–H and O–H groups in total. The maximum absolute atomic E-state index is 14.2. The van der Waals surface area contributed by atoms with Gasteiger partial charge in [-0.1, -0.05) is 59.6 Å². The van der Waals surface area contributed by atoms with Gasteiger partial charge in [0.25, 0.3) is 0 Å². The molecule has 0 fully saturated rings.